The summed E-state index contributed by atoms with van der Waals surface area (Å²) < 4.78 is 42.0. The Morgan fingerprint density at radius 2 is 2.25 bits per heavy atom. The van der Waals surface area contributed by atoms with Gasteiger partial charge in [0.15, 0.2) is 11.6 Å². The van der Waals surface area contributed by atoms with E-state index in [4.69, 9.17) is 16.3 Å². The van der Waals surface area contributed by atoms with Crippen molar-refractivity contribution < 1.29 is 17.9 Å². The standard InChI is InChI=1S/C8H7ClF3N3O/c9-7-13-3-5-6(14-7)15(1-2-16-5)4-8(10,11)12/h3H,1-2,4H2. The van der Waals surface area contributed by atoms with Crippen LogP contribution in [0.5, 0.6) is 5.75 Å². The van der Waals surface area contributed by atoms with Crippen molar-refractivity contribution in [3.63, 3.8) is 0 Å². The maximum atomic E-state index is 12.3. The minimum Gasteiger partial charge on any atom is -0.486 e. The third-order valence-electron chi connectivity index (χ3n) is 2.00. The summed E-state index contributed by atoms with van der Waals surface area (Å²) in [5.41, 5.74) is 0. The molecule has 1 aliphatic heterocycles. The molecule has 0 aromatic carbocycles. The average molecular weight is 254 g/mol. The van der Waals surface area contributed by atoms with Gasteiger partial charge in [0, 0.05) is 0 Å². The molecule has 0 spiro atoms. The molecule has 0 fully saturated rings. The van der Waals surface area contributed by atoms with E-state index in [9.17, 15) is 13.2 Å². The van der Waals surface area contributed by atoms with E-state index in [1.807, 2.05) is 0 Å². The molecule has 0 bridgehead atoms. The molecule has 0 saturated heterocycles. The van der Waals surface area contributed by atoms with Crippen LogP contribution in [0.15, 0.2) is 6.20 Å². The van der Waals surface area contributed by atoms with E-state index < -0.39 is 12.7 Å². The number of rotatable bonds is 1. The van der Waals surface area contributed by atoms with Gasteiger partial charge in [-0.1, -0.05) is 0 Å². The second-order valence-corrected chi connectivity index (χ2v) is 3.55. The van der Waals surface area contributed by atoms with Crippen molar-refractivity contribution in [1.82, 2.24) is 9.97 Å². The smallest absolute Gasteiger partial charge is 0.405 e. The maximum Gasteiger partial charge on any atom is 0.405 e. The first-order valence-corrected chi connectivity index (χ1v) is 4.80. The maximum absolute atomic E-state index is 12.3. The van der Waals surface area contributed by atoms with E-state index in [-0.39, 0.29) is 30.0 Å². The van der Waals surface area contributed by atoms with Gasteiger partial charge < -0.3 is 9.64 Å². The molecule has 0 aliphatic carbocycles. The molecule has 0 amide bonds. The van der Waals surface area contributed by atoms with Crippen molar-refractivity contribution in [2.24, 2.45) is 0 Å². The number of hydrogen-bond acceptors (Lipinski definition) is 4. The lowest BCUT2D eigenvalue weighted by Gasteiger charge is -2.30. The summed E-state index contributed by atoms with van der Waals surface area (Å²) in [7, 11) is 0. The second-order valence-electron chi connectivity index (χ2n) is 3.21. The van der Waals surface area contributed by atoms with Crippen LogP contribution in [0.25, 0.3) is 0 Å². The molecule has 1 aromatic heterocycles. The Bertz CT molecular complexity index is 399. The molecule has 0 radical (unpaired) electrons. The van der Waals surface area contributed by atoms with Gasteiger partial charge in [-0.3, -0.25) is 0 Å². The van der Waals surface area contributed by atoms with Crippen LogP contribution in [0.1, 0.15) is 0 Å². The fraction of sp³-hybridized carbons (Fsp3) is 0.500. The fourth-order valence-corrected chi connectivity index (χ4v) is 1.54. The summed E-state index contributed by atoms with van der Waals surface area (Å²) in [6.45, 7) is -0.773. The molecule has 88 valence electrons. The lowest BCUT2D eigenvalue weighted by atomic mass is 10.3. The molecule has 2 rings (SSSR count). The minimum absolute atomic E-state index is 0.0866. The van der Waals surface area contributed by atoms with Crippen LogP contribution in [0.3, 0.4) is 0 Å². The fourth-order valence-electron chi connectivity index (χ4n) is 1.41. The molecule has 0 atom stereocenters. The Balaban J connectivity index is 2.28. The molecule has 0 N–H and O–H groups in total. The summed E-state index contributed by atoms with van der Waals surface area (Å²) in [4.78, 5) is 8.46. The van der Waals surface area contributed by atoms with Crippen LogP contribution in [0.4, 0.5) is 19.0 Å². The van der Waals surface area contributed by atoms with Crippen molar-refractivity contribution in [2.45, 2.75) is 6.18 Å². The lowest BCUT2D eigenvalue weighted by Crippen LogP contribution is -2.40. The Hall–Kier alpha value is -1.24. The normalized spacial score (nSPS) is 15.6. The Kier molecular flexibility index (Phi) is 2.79. The Morgan fingerprint density at radius 3 is 2.94 bits per heavy atom. The molecule has 1 aliphatic rings. The minimum atomic E-state index is -4.29. The quantitative estimate of drug-likeness (QED) is 0.717. The first-order valence-electron chi connectivity index (χ1n) is 4.43. The number of halogens is 4. The highest BCUT2D eigenvalue weighted by Gasteiger charge is 2.34. The highest BCUT2D eigenvalue weighted by molar-refractivity contribution is 6.28. The van der Waals surface area contributed by atoms with Crippen molar-refractivity contribution in [1.29, 1.82) is 0 Å². The molecule has 4 nitrogen and oxygen atoms in total. The van der Waals surface area contributed by atoms with Gasteiger partial charge in [0.1, 0.15) is 13.2 Å². The zero-order valence-electron chi connectivity index (χ0n) is 7.96. The van der Waals surface area contributed by atoms with Crippen LogP contribution >= 0.6 is 11.6 Å². The molecule has 1 aromatic rings. The molecule has 0 saturated carbocycles. The zero-order chi connectivity index (χ0) is 11.8. The van der Waals surface area contributed by atoms with Crippen LogP contribution in [-0.2, 0) is 0 Å². The van der Waals surface area contributed by atoms with Crippen molar-refractivity contribution in [2.75, 3.05) is 24.6 Å². The van der Waals surface area contributed by atoms with Gasteiger partial charge in [0.2, 0.25) is 5.28 Å². The predicted octanol–water partition coefficient (Wildman–Crippen LogP) is 1.89. The number of nitrogens with zero attached hydrogens (tertiary/aromatic N) is 3. The SMILES string of the molecule is FC(F)(F)CN1CCOc2cnc(Cl)nc21. The van der Waals surface area contributed by atoms with E-state index >= 15 is 0 Å². The summed E-state index contributed by atoms with van der Waals surface area (Å²) in [5, 5.41) is -0.101. The third kappa shape index (κ3) is 2.46. The summed E-state index contributed by atoms with van der Waals surface area (Å²) in [5.74, 6) is 0.309. The molecule has 0 unspecified atom stereocenters. The van der Waals surface area contributed by atoms with Crippen molar-refractivity contribution in [3.8, 4) is 5.75 Å². The van der Waals surface area contributed by atoms with Gasteiger partial charge in [-0.2, -0.15) is 18.2 Å². The first kappa shape index (κ1) is 11.3. The van der Waals surface area contributed by atoms with Crippen molar-refractivity contribution in [3.05, 3.63) is 11.5 Å². The van der Waals surface area contributed by atoms with E-state index in [0.29, 0.717) is 0 Å². The van der Waals surface area contributed by atoms with Gasteiger partial charge in [-0.05, 0) is 11.6 Å². The van der Waals surface area contributed by atoms with Gasteiger partial charge >= 0.3 is 6.18 Å². The van der Waals surface area contributed by atoms with Crippen molar-refractivity contribution >= 4 is 17.4 Å². The number of fused-ring (bicyclic) bond motifs is 1. The van der Waals surface area contributed by atoms with E-state index in [1.165, 1.54) is 6.20 Å². The number of ether oxygens (including phenoxy) is 1. The van der Waals surface area contributed by atoms with Gasteiger partial charge in [0.25, 0.3) is 0 Å². The molecule has 2 heterocycles. The predicted molar refractivity (Wildman–Crippen MR) is 50.8 cm³/mol. The average Bonchev–Trinajstić information content (AvgIpc) is 2.17. The largest absolute Gasteiger partial charge is 0.486 e. The molecular formula is C8H7ClF3N3O. The second kappa shape index (κ2) is 3.97. The van der Waals surface area contributed by atoms with E-state index in [0.717, 1.165) is 4.90 Å². The number of anilines is 1. The monoisotopic (exact) mass is 253 g/mol. The van der Waals surface area contributed by atoms with Gasteiger partial charge in [-0.25, -0.2) is 4.98 Å². The Morgan fingerprint density at radius 1 is 1.50 bits per heavy atom. The number of alkyl halides is 3. The van der Waals surface area contributed by atoms with Crippen LogP contribution in [-0.4, -0.2) is 35.8 Å². The van der Waals surface area contributed by atoms with E-state index in [2.05, 4.69) is 9.97 Å². The Labute approximate surface area is 94.0 Å². The number of hydrogen-bond donors (Lipinski definition) is 0. The molecule has 16 heavy (non-hydrogen) atoms. The van der Waals surface area contributed by atoms with Gasteiger partial charge in [-0.15, -0.1) is 0 Å². The highest BCUT2D eigenvalue weighted by Crippen LogP contribution is 2.31. The molecule has 8 heteroatoms. The van der Waals surface area contributed by atoms with Gasteiger partial charge in [0.05, 0.1) is 12.7 Å². The van der Waals surface area contributed by atoms with Crippen LogP contribution in [0, 0.1) is 0 Å². The third-order valence-corrected chi connectivity index (χ3v) is 2.18. The summed E-state index contributed by atoms with van der Waals surface area (Å²) >= 11 is 5.53. The van der Waals surface area contributed by atoms with Crippen LogP contribution < -0.4 is 9.64 Å². The zero-order valence-corrected chi connectivity index (χ0v) is 8.72. The lowest BCUT2D eigenvalue weighted by molar-refractivity contribution is -0.120. The highest BCUT2D eigenvalue weighted by atomic mass is 35.5. The number of aromatic nitrogens is 2. The first-order chi connectivity index (χ1) is 7.46. The molecular weight excluding hydrogens is 247 g/mol. The van der Waals surface area contributed by atoms with E-state index in [1.54, 1.807) is 0 Å². The topological polar surface area (TPSA) is 38.2 Å². The van der Waals surface area contributed by atoms with Crippen LogP contribution in [0.2, 0.25) is 5.28 Å². The summed E-state index contributed by atoms with van der Waals surface area (Å²) in [6, 6.07) is 0. The summed E-state index contributed by atoms with van der Waals surface area (Å²) in [6.07, 6.45) is -3.01.